The zero-order valence-electron chi connectivity index (χ0n) is 10.4. The van der Waals surface area contributed by atoms with E-state index in [0.29, 0.717) is 5.78 Å². The summed E-state index contributed by atoms with van der Waals surface area (Å²) in [7, 11) is 3.87. The van der Waals surface area contributed by atoms with Crippen LogP contribution in [0.1, 0.15) is 39.0 Å². The van der Waals surface area contributed by atoms with E-state index in [-0.39, 0.29) is 5.25 Å². The minimum absolute atomic E-state index is 0.111. The number of carbonyl (C=O) groups is 1. The molecule has 1 fully saturated rings. The number of Topliss-reactive ketones (excluding diaryl/α,β-unsaturated/α-hetero) is 1. The van der Waals surface area contributed by atoms with E-state index in [4.69, 9.17) is 12.2 Å². The van der Waals surface area contributed by atoms with E-state index in [0.717, 1.165) is 29.5 Å². The number of nitrogens with zero attached hydrogens (tertiary/aromatic N) is 1. The fraction of sp³-hybridized carbons (Fsp3) is 0.833. The average molecular weight is 259 g/mol. The van der Waals surface area contributed by atoms with Crippen molar-refractivity contribution in [2.45, 2.75) is 44.3 Å². The van der Waals surface area contributed by atoms with Crippen molar-refractivity contribution in [3.63, 3.8) is 0 Å². The van der Waals surface area contributed by atoms with Crippen molar-refractivity contribution in [2.24, 2.45) is 5.92 Å². The van der Waals surface area contributed by atoms with Crippen molar-refractivity contribution in [1.29, 1.82) is 0 Å². The predicted octanol–water partition coefficient (Wildman–Crippen LogP) is 3.10. The molecule has 0 saturated heterocycles. The summed E-state index contributed by atoms with van der Waals surface area (Å²) in [5.41, 5.74) is 0. The van der Waals surface area contributed by atoms with Gasteiger partial charge < -0.3 is 4.90 Å². The van der Waals surface area contributed by atoms with Gasteiger partial charge in [-0.3, -0.25) is 4.79 Å². The summed E-state index contributed by atoms with van der Waals surface area (Å²) < 4.78 is 0.829. The van der Waals surface area contributed by atoms with Crippen LogP contribution in [0.3, 0.4) is 0 Å². The highest BCUT2D eigenvalue weighted by Gasteiger charge is 2.29. The molecule has 2 atom stereocenters. The van der Waals surface area contributed by atoms with E-state index >= 15 is 0 Å². The Morgan fingerprint density at radius 3 is 2.81 bits per heavy atom. The Morgan fingerprint density at radius 2 is 2.25 bits per heavy atom. The van der Waals surface area contributed by atoms with Gasteiger partial charge in [-0.2, -0.15) is 0 Å². The van der Waals surface area contributed by atoms with Crippen LogP contribution >= 0.6 is 24.0 Å². The molecule has 2 nitrogen and oxygen atoms in total. The highest BCUT2D eigenvalue weighted by molar-refractivity contribution is 8.23. The van der Waals surface area contributed by atoms with Gasteiger partial charge in [0, 0.05) is 20.5 Å². The second kappa shape index (κ2) is 6.60. The van der Waals surface area contributed by atoms with Gasteiger partial charge >= 0.3 is 0 Å². The first kappa shape index (κ1) is 14.0. The smallest absolute Gasteiger partial charge is 0.146 e. The van der Waals surface area contributed by atoms with Crippen LogP contribution in [0.25, 0.3) is 0 Å². The molecule has 0 unspecified atom stereocenters. The lowest BCUT2D eigenvalue weighted by Gasteiger charge is -2.28. The third-order valence-corrected chi connectivity index (χ3v) is 4.97. The number of thiocarbonyl (C=S) groups is 1. The summed E-state index contributed by atoms with van der Waals surface area (Å²) in [6.45, 7) is 2.21. The Morgan fingerprint density at radius 1 is 1.56 bits per heavy atom. The molecule has 0 aromatic heterocycles. The van der Waals surface area contributed by atoms with Gasteiger partial charge in [-0.1, -0.05) is 43.7 Å². The Hall–Kier alpha value is -0.0900. The largest absolute Gasteiger partial charge is 0.364 e. The summed E-state index contributed by atoms with van der Waals surface area (Å²) in [6.07, 6.45) is 5.32. The Kier molecular flexibility index (Phi) is 5.76. The first-order valence-corrected chi connectivity index (χ1v) is 7.24. The second-order valence-electron chi connectivity index (χ2n) is 4.66. The molecule has 0 bridgehead atoms. The molecule has 0 aromatic rings. The van der Waals surface area contributed by atoms with Crippen molar-refractivity contribution in [3.05, 3.63) is 0 Å². The van der Waals surface area contributed by atoms with E-state index in [2.05, 4.69) is 6.92 Å². The number of hydrogen-bond acceptors (Lipinski definition) is 3. The lowest BCUT2D eigenvalue weighted by atomic mass is 9.85. The van der Waals surface area contributed by atoms with E-state index < -0.39 is 0 Å². The number of carbonyl (C=O) groups excluding carboxylic acids is 1. The fourth-order valence-corrected chi connectivity index (χ4v) is 3.49. The molecule has 1 rings (SSSR count). The molecule has 92 valence electrons. The van der Waals surface area contributed by atoms with Crippen molar-refractivity contribution < 1.29 is 4.79 Å². The zero-order valence-corrected chi connectivity index (χ0v) is 12.0. The number of hydrogen-bond donors (Lipinski definition) is 0. The third kappa shape index (κ3) is 4.06. The van der Waals surface area contributed by atoms with Gasteiger partial charge in [0.25, 0.3) is 0 Å². The summed E-state index contributed by atoms with van der Waals surface area (Å²) in [4.78, 5) is 13.7. The molecule has 16 heavy (non-hydrogen) atoms. The molecular weight excluding hydrogens is 238 g/mol. The van der Waals surface area contributed by atoms with Gasteiger partial charge in [0.05, 0.1) is 5.25 Å². The summed E-state index contributed by atoms with van der Waals surface area (Å²) >= 11 is 6.83. The molecule has 0 aliphatic heterocycles. The van der Waals surface area contributed by atoms with Gasteiger partial charge in [-0.05, 0) is 18.8 Å². The standard InChI is InChI=1S/C12H21NOS2/c1-4-5-9-6-7-10(14)11(8-9)16-12(15)13(2)3/h9,11H,4-8H2,1-3H3/t9-,11-/m1/s1. The molecule has 1 aliphatic carbocycles. The van der Waals surface area contributed by atoms with Gasteiger partial charge in [0.1, 0.15) is 10.1 Å². The zero-order chi connectivity index (χ0) is 12.1. The van der Waals surface area contributed by atoms with Gasteiger partial charge in [0.2, 0.25) is 0 Å². The maximum Gasteiger partial charge on any atom is 0.146 e. The fourth-order valence-electron chi connectivity index (χ4n) is 2.07. The van der Waals surface area contributed by atoms with Crippen LogP contribution in [-0.2, 0) is 4.79 Å². The Bertz CT molecular complexity index is 266. The third-order valence-electron chi connectivity index (χ3n) is 3.01. The Balaban J connectivity index is 2.49. The van der Waals surface area contributed by atoms with Crippen molar-refractivity contribution in [1.82, 2.24) is 4.90 Å². The normalized spacial score (nSPS) is 25.6. The quantitative estimate of drug-likeness (QED) is 0.725. The van der Waals surface area contributed by atoms with Crippen molar-refractivity contribution >= 4 is 34.1 Å². The minimum atomic E-state index is 0.111. The SMILES string of the molecule is CCC[C@@H]1CCC(=O)[C@H](SC(=S)N(C)C)C1. The number of rotatable bonds is 3. The van der Waals surface area contributed by atoms with Crippen molar-refractivity contribution in [3.8, 4) is 0 Å². The van der Waals surface area contributed by atoms with Crippen LogP contribution in [0.4, 0.5) is 0 Å². The maximum absolute atomic E-state index is 11.8. The first-order chi connectivity index (χ1) is 7.54. The number of thioether (sulfide) groups is 1. The van der Waals surface area contributed by atoms with Crippen LogP contribution in [0.2, 0.25) is 0 Å². The predicted molar refractivity (Wildman–Crippen MR) is 74.9 cm³/mol. The lowest BCUT2D eigenvalue weighted by molar-refractivity contribution is -0.120. The molecular formula is C12H21NOS2. The maximum atomic E-state index is 11.8. The molecule has 0 radical (unpaired) electrons. The van der Waals surface area contributed by atoms with E-state index in [1.807, 2.05) is 19.0 Å². The molecule has 1 aliphatic rings. The van der Waals surface area contributed by atoms with E-state index in [1.165, 1.54) is 12.8 Å². The Labute approximate surface area is 108 Å². The minimum Gasteiger partial charge on any atom is -0.364 e. The van der Waals surface area contributed by atoms with Gasteiger partial charge in [-0.15, -0.1) is 0 Å². The summed E-state index contributed by atoms with van der Waals surface area (Å²) in [5.74, 6) is 1.12. The number of ketones is 1. The molecule has 0 heterocycles. The van der Waals surface area contributed by atoms with Gasteiger partial charge in [0.15, 0.2) is 0 Å². The van der Waals surface area contributed by atoms with Crippen molar-refractivity contribution in [2.75, 3.05) is 14.1 Å². The second-order valence-corrected chi connectivity index (χ2v) is 6.50. The molecule has 0 amide bonds. The topological polar surface area (TPSA) is 20.3 Å². The molecule has 1 saturated carbocycles. The summed E-state index contributed by atoms with van der Waals surface area (Å²) in [6, 6.07) is 0. The van der Waals surface area contributed by atoms with E-state index in [9.17, 15) is 4.79 Å². The van der Waals surface area contributed by atoms with E-state index in [1.54, 1.807) is 11.8 Å². The molecule has 0 N–H and O–H groups in total. The highest BCUT2D eigenvalue weighted by atomic mass is 32.2. The molecule has 0 aromatic carbocycles. The van der Waals surface area contributed by atoms with Crippen LogP contribution < -0.4 is 0 Å². The average Bonchev–Trinajstić information content (AvgIpc) is 2.23. The summed E-state index contributed by atoms with van der Waals surface area (Å²) in [5, 5.41) is 0.111. The van der Waals surface area contributed by atoms with Crippen LogP contribution in [0, 0.1) is 5.92 Å². The monoisotopic (exact) mass is 259 g/mol. The molecule has 0 spiro atoms. The van der Waals surface area contributed by atoms with Gasteiger partial charge in [-0.25, -0.2) is 0 Å². The first-order valence-electron chi connectivity index (χ1n) is 5.95. The van der Waals surface area contributed by atoms with Crippen LogP contribution in [0.15, 0.2) is 0 Å². The lowest BCUT2D eigenvalue weighted by Crippen LogP contribution is -2.30. The van der Waals surface area contributed by atoms with Crippen LogP contribution in [0.5, 0.6) is 0 Å². The van der Waals surface area contributed by atoms with Crippen LogP contribution in [-0.4, -0.2) is 34.3 Å². The highest BCUT2D eigenvalue weighted by Crippen LogP contribution is 2.33. The molecule has 4 heteroatoms.